The van der Waals surface area contributed by atoms with E-state index < -0.39 is 0 Å². The van der Waals surface area contributed by atoms with Gasteiger partial charge in [-0.05, 0) is 24.6 Å². The second kappa shape index (κ2) is 7.37. The smallest absolute Gasteiger partial charge is 0.124 e. The third-order valence-corrected chi connectivity index (χ3v) is 5.24. The largest absolute Gasteiger partial charge is 0.493 e. The Morgan fingerprint density at radius 1 is 0.875 bits per heavy atom. The fourth-order valence-electron chi connectivity index (χ4n) is 4.00. The molecule has 0 spiro atoms. The molecular formula is C21H26N2O. The van der Waals surface area contributed by atoms with Crippen LogP contribution < -0.4 is 4.74 Å². The molecule has 1 fully saturated rings. The summed E-state index contributed by atoms with van der Waals surface area (Å²) in [5, 5.41) is 0. The summed E-state index contributed by atoms with van der Waals surface area (Å²) in [7, 11) is 0. The van der Waals surface area contributed by atoms with Crippen molar-refractivity contribution >= 4 is 0 Å². The SMILES string of the molecule is c1ccc(CN2CCCN(C3CCOc4ccccc43)CC2)cc1. The number of benzene rings is 2. The Hall–Kier alpha value is -1.84. The van der Waals surface area contributed by atoms with E-state index in [0.717, 1.165) is 38.4 Å². The minimum absolute atomic E-state index is 0.520. The van der Waals surface area contributed by atoms with Crippen molar-refractivity contribution in [2.75, 3.05) is 32.8 Å². The molecule has 0 aromatic heterocycles. The Morgan fingerprint density at radius 2 is 1.71 bits per heavy atom. The summed E-state index contributed by atoms with van der Waals surface area (Å²) >= 11 is 0. The molecule has 0 amide bonds. The van der Waals surface area contributed by atoms with E-state index in [9.17, 15) is 0 Å². The molecule has 2 aliphatic rings. The van der Waals surface area contributed by atoms with E-state index in [2.05, 4.69) is 64.4 Å². The van der Waals surface area contributed by atoms with E-state index >= 15 is 0 Å². The van der Waals surface area contributed by atoms with Gasteiger partial charge in [0.25, 0.3) is 0 Å². The minimum Gasteiger partial charge on any atom is -0.493 e. The molecule has 0 bridgehead atoms. The molecule has 4 rings (SSSR count). The Morgan fingerprint density at radius 3 is 2.62 bits per heavy atom. The fourth-order valence-corrected chi connectivity index (χ4v) is 4.00. The quantitative estimate of drug-likeness (QED) is 0.856. The number of hydrogen-bond donors (Lipinski definition) is 0. The van der Waals surface area contributed by atoms with Gasteiger partial charge >= 0.3 is 0 Å². The van der Waals surface area contributed by atoms with Gasteiger partial charge in [0.15, 0.2) is 0 Å². The molecule has 2 heterocycles. The average Bonchev–Trinajstić information content (AvgIpc) is 2.88. The molecule has 1 atom stereocenters. The number of nitrogens with zero attached hydrogens (tertiary/aromatic N) is 2. The van der Waals surface area contributed by atoms with E-state index in [-0.39, 0.29) is 0 Å². The lowest BCUT2D eigenvalue weighted by Crippen LogP contribution is -2.35. The summed E-state index contributed by atoms with van der Waals surface area (Å²) < 4.78 is 5.84. The number of fused-ring (bicyclic) bond motifs is 1. The van der Waals surface area contributed by atoms with Crippen LogP contribution in [0.25, 0.3) is 0 Å². The predicted octanol–water partition coefficient (Wildman–Crippen LogP) is 3.72. The van der Waals surface area contributed by atoms with Crippen LogP contribution >= 0.6 is 0 Å². The number of hydrogen-bond acceptors (Lipinski definition) is 3. The van der Waals surface area contributed by atoms with Crippen LogP contribution in [0.5, 0.6) is 5.75 Å². The lowest BCUT2D eigenvalue weighted by Gasteiger charge is -2.35. The van der Waals surface area contributed by atoms with Crippen LogP contribution in [0, 0.1) is 0 Å². The highest BCUT2D eigenvalue weighted by Crippen LogP contribution is 2.36. The van der Waals surface area contributed by atoms with Gasteiger partial charge in [0.05, 0.1) is 6.61 Å². The van der Waals surface area contributed by atoms with Crippen LogP contribution in [-0.4, -0.2) is 42.6 Å². The van der Waals surface area contributed by atoms with Gasteiger partial charge in [-0.3, -0.25) is 9.80 Å². The summed E-state index contributed by atoms with van der Waals surface area (Å²) in [4.78, 5) is 5.27. The maximum Gasteiger partial charge on any atom is 0.124 e. The van der Waals surface area contributed by atoms with Crippen molar-refractivity contribution in [3.05, 3.63) is 65.7 Å². The molecule has 24 heavy (non-hydrogen) atoms. The van der Waals surface area contributed by atoms with Gasteiger partial charge in [0.1, 0.15) is 5.75 Å². The van der Waals surface area contributed by atoms with Crippen LogP contribution in [0.3, 0.4) is 0 Å². The van der Waals surface area contributed by atoms with Crippen LogP contribution in [0.2, 0.25) is 0 Å². The highest BCUT2D eigenvalue weighted by atomic mass is 16.5. The Bertz CT molecular complexity index is 658. The molecule has 2 aromatic rings. The van der Waals surface area contributed by atoms with E-state index in [0.29, 0.717) is 6.04 Å². The normalized spacial score (nSPS) is 22.4. The van der Waals surface area contributed by atoms with E-state index in [1.807, 2.05) is 0 Å². The van der Waals surface area contributed by atoms with E-state index in [1.54, 1.807) is 0 Å². The lowest BCUT2D eigenvalue weighted by molar-refractivity contribution is 0.142. The van der Waals surface area contributed by atoms with Gasteiger partial charge in [-0.2, -0.15) is 0 Å². The standard InChI is InChI=1S/C21H26N2O/c1-2-7-18(8-3-1)17-22-12-6-13-23(15-14-22)20-11-16-24-21-10-5-4-9-19(20)21/h1-5,7-10,20H,6,11-17H2. The van der Waals surface area contributed by atoms with Crippen molar-refractivity contribution in [3.8, 4) is 5.75 Å². The van der Waals surface area contributed by atoms with Crippen molar-refractivity contribution < 1.29 is 4.74 Å². The van der Waals surface area contributed by atoms with Crippen molar-refractivity contribution in [2.24, 2.45) is 0 Å². The van der Waals surface area contributed by atoms with Gasteiger partial charge in [-0.15, -0.1) is 0 Å². The van der Waals surface area contributed by atoms with Crippen LogP contribution in [0.1, 0.15) is 30.0 Å². The highest BCUT2D eigenvalue weighted by molar-refractivity contribution is 5.37. The Balaban J connectivity index is 1.42. The van der Waals surface area contributed by atoms with Crippen LogP contribution in [-0.2, 0) is 6.54 Å². The molecule has 1 unspecified atom stereocenters. The van der Waals surface area contributed by atoms with Crippen molar-refractivity contribution in [2.45, 2.75) is 25.4 Å². The van der Waals surface area contributed by atoms with Gasteiger partial charge in [0.2, 0.25) is 0 Å². The number of ether oxygens (including phenoxy) is 1. The molecule has 0 N–H and O–H groups in total. The summed E-state index contributed by atoms with van der Waals surface area (Å²) in [6, 6.07) is 19.9. The Labute approximate surface area is 144 Å². The van der Waals surface area contributed by atoms with Gasteiger partial charge in [-0.1, -0.05) is 48.5 Å². The lowest BCUT2D eigenvalue weighted by atomic mass is 9.99. The first-order chi connectivity index (χ1) is 11.9. The van der Waals surface area contributed by atoms with Crippen molar-refractivity contribution in [1.29, 1.82) is 0 Å². The minimum atomic E-state index is 0.520. The molecule has 0 aliphatic carbocycles. The molecule has 3 heteroatoms. The molecule has 126 valence electrons. The van der Waals surface area contributed by atoms with Crippen LogP contribution in [0.15, 0.2) is 54.6 Å². The molecule has 0 saturated carbocycles. The molecule has 3 nitrogen and oxygen atoms in total. The van der Waals surface area contributed by atoms with Crippen LogP contribution in [0.4, 0.5) is 0 Å². The summed E-state index contributed by atoms with van der Waals surface area (Å²) in [6.07, 6.45) is 2.35. The maximum absolute atomic E-state index is 5.84. The number of para-hydroxylation sites is 1. The monoisotopic (exact) mass is 322 g/mol. The molecular weight excluding hydrogens is 296 g/mol. The van der Waals surface area contributed by atoms with Crippen molar-refractivity contribution in [3.63, 3.8) is 0 Å². The van der Waals surface area contributed by atoms with E-state index in [1.165, 1.54) is 30.6 Å². The zero-order valence-electron chi connectivity index (χ0n) is 14.2. The van der Waals surface area contributed by atoms with Gasteiger partial charge in [0, 0.05) is 44.2 Å². The second-order valence-corrected chi connectivity index (χ2v) is 6.84. The molecule has 1 saturated heterocycles. The molecule has 2 aliphatic heterocycles. The molecule has 2 aromatic carbocycles. The summed E-state index contributed by atoms with van der Waals surface area (Å²) in [5.74, 6) is 1.08. The predicted molar refractivity (Wildman–Crippen MR) is 97.2 cm³/mol. The zero-order valence-corrected chi connectivity index (χ0v) is 14.2. The maximum atomic E-state index is 5.84. The fraction of sp³-hybridized carbons (Fsp3) is 0.429. The molecule has 0 radical (unpaired) electrons. The third-order valence-electron chi connectivity index (χ3n) is 5.24. The average molecular weight is 322 g/mol. The zero-order chi connectivity index (χ0) is 16.2. The van der Waals surface area contributed by atoms with Gasteiger partial charge in [-0.25, -0.2) is 0 Å². The highest BCUT2D eigenvalue weighted by Gasteiger charge is 2.28. The first kappa shape index (κ1) is 15.7. The van der Waals surface area contributed by atoms with Gasteiger partial charge < -0.3 is 4.74 Å². The Kier molecular flexibility index (Phi) is 4.81. The topological polar surface area (TPSA) is 15.7 Å². The number of rotatable bonds is 3. The third kappa shape index (κ3) is 3.47. The summed E-state index contributed by atoms with van der Waals surface area (Å²) in [6.45, 7) is 6.58. The second-order valence-electron chi connectivity index (χ2n) is 6.84. The van der Waals surface area contributed by atoms with E-state index in [4.69, 9.17) is 4.74 Å². The van der Waals surface area contributed by atoms with Crippen molar-refractivity contribution in [1.82, 2.24) is 9.80 Å². The summed E-state index contributed by atoms with van der Waals surface area (Å²) in [5.41, 5.74) is 2.79. The first-order valence-corrected chi connectivity index (χ1v) is 9.12. The first-order valence-electron chi connectivity index (χ1n) is 9.12.